The van der Waals surface area contributed by atoms with Crippen molar-refractivity contribution in [1.29, 1.82) is 0 Å². The molecule has 1 rings (SSSR count). The van der Waals surface area contributed by atoms with Crippen LogP contribution in [0.25, 0.3) is 0 Å². The number of rotatable bonds is 9. The maximum atomic E-state index is 12.2. The molecule has 5 heteroatoms. The summed E-state index contributed by atoms with van der Waals surface area (Å²) in [5, 5.41) is 3.22. The van der Waals surface area contributed by atoms with E-state index in [1.165, 1.54) is 6.07 Å². The Balaban J connectivity index is 2.68. The summed E-state index contributed by atoms with van der Waals surface area (Å²) in [6.07, 6.45) is 2.71. The normalized spacial score (nSPS) is 10.5. The summed E-state index contributed by atoms with van der Waals surface area (Å²) in [6, 6.07) is 4.95. The first-order valence-corrected chi connectivity index (χ1v) is 6.19. The van der Waals surface area contributed by atoms with Crippen molar-refractivity contribution in [3.05, 3.63) is 36.4 Å². The fourth-order valence-electron chi connectivity index (χ4n) is 1.56. The van der Waals surface area contributed by atoms with E-state index in [9.17, 15) is 8.78 Å². The van der Waals surface area contributed by atoms with E-state index in [1.54, 1.807) is 19.1 Å². The molecule has 0 radical (unpaired) electrons. The second-order valence-corrected chi connectivity index (χ2v) is 3.85. The van der Waals surface area contributed by atoms with Crippen molar-refractivity contribution in [2.75, 3.05) is 13.2 Å². The topological polar surface area (TPSA) is 30.5 Å². The lowest BCUT2D eigenvalue weighted by atomic mass is 10.2. The van der Waals surface area contributed by atoms with Crippen molar-refractivity contribution in [2.24, 2.45) is 0 Å². The quantitative estimate of drug-likeness (QED) is 0.552. The molecule has 1 aromatic carbocycles. The lowest BCUT2D eigenvalue weighted by Gasteiger charge is -2.13. The molecule has 0 aliphatic heterocycles. The van der Waals surface area contributed by atoms with Crippen LogP contribution in [-0.2, 0) is 6.54 Å². The SMILES string of the molecule is C=CCCNCc1ccc(OC(F)F)c(OCC)c1. The summed E-state index contributed by atoms with van der Waals surface area (Å²) in [7, 11) is 0. The zero-order valence-corrected chi connectivity index (χ0v) is 11.0. The second kappa shape index (κ2) is 8.48. The molecule has 19 heavy (non-hydrogen) atoms. The number of hydrogen-bond donors (Lipinski definition) is 1. The Hall–Kier alpha value is -1.62. The molecule has 0 amide bonds. The number of halogens is 2. The highest BCUT2D eigenvalue weighted by Gasteiger charge is 2.11. The van der Waals surface area contributed by atoms with Crippen LogP contribution in [0.3, 0.4) is 0 Å². The molecule has 0 bridgehead atoms. The number of benzene rings is 1. The standard InChI is InChI=1S/C14H19F2NO2/c1-3-5-8-17-10-11-6-7-12(19-14(15)16)13(9-11)18-4-2/h3,6-7,9,14,17H,1,4-5,8,10H2,2H3. The van der Waals surface area contributed by atoms with Crippen molar-refractivity contribution in [3.63, 3.8) is 0 Å². The van der Waals surface area contributed by atoms with Gasteiger partial charge in [0.25, 0.3) is 0 Å². The Bertz CT molecular complexity index is 397. The van der Waals surface area contributed by atoms with E-state index in [2.05, 4.69) is 16.6 Å². The fraction of sp³-hybridized carbons (Fsp3) is 0.429. The zero-order chi connectivity index (χ0) is 14.1. The zero-order valence-electron chi connectivity index (χ0n) is 11.0. The molecule has 1 N–H and O–H groups in total. The molecule has 0 spiro atoms. The fourth-order valence-corrected chi connectivity index (χ4v) is 1.56. The maximum absolute atomic E-state index is 12.2. The Kier molecular flexibility index (Phi) is 6.89. The third-order valence-corrected chi connectivity index (χ3v) is 2.38. The van der Waals surface area contributed by atoms with Crippen LogP contribution < -0.4 is 14.8 Å². The van der Waals surface area contributed by atoms with Crippen LogP contribution in [0.4, 0.5) is 8.78 Å². The highest BCUT2D eigenvalue weighted by molar-refractivity contribution is 5.43. The van der Waals surface area contributed by atoms with Crippen LogP contribution in [0.2, 0.25) is 0 Å². The van der Waals surface area contributed by atoms with Gasteiger partial charge in [0.05, 0.1) is 6.61 Å². The third-order valence-electron chi connectivity index (χ3n) is 2.38. The van der Waals surface area contributed by atoms with E-state index in [4.69, 9.17) is 4.74 Å². The lowest BCUT2D eigenvalue weighted by molar-refractivity contribution is -0.0514. The van der Waals surface area contributed by atoms with Crippen molar-refractivity contribution in [2.45, 2.75) is 26.5 Å². The highest BCUT2D eigenvalue weighted by Crippen LogP contribution is 2.29. The summed E-state index contributed by atoms with van der Waals surface area (Å²) in [5.74, 6) is 0.400. The smallest absolute Gasteiger partial charge is 0.387 e. The lowest BCUT2D eigenvalue weighted by Crippen LogP contribution is -2.14. The molecule has 0 unspecified atom stereocenters. The van der Waals surface area contributed by atoms with Gasteiger partial charge in [-0.15, -0.1) is 6.58 Å². The van der Waals surface area contributed by atoms with Crippen LogP contribution >= 0.6 is 0 Å². The number of hydrogen-bond acceptors (Lipinski definition) is 3. The van der Waals surface area contributed by atoms with Gasteiger partial charge in [-0.2, -0.15) is 8.78 Å². The van der Waals surface area contributed by atoms with Gasteiger partial charge in [0.2, 0.25) is 0 Å². The van der Waals surface area contributed by atoms with Crippen molar-refractivity contribution < 1.29 is 18.3 Å². The monoisotopic (exact) mass is 271 g/mol. The summed E-state index contributed by atoms with van der Waals surface area (Å²) in [6.45, 7) is 4.44. The molecule has 0 aliphatic rings. The van der Waals surface area contributed by atoms with Gasteiger partial charge in [-0.1, -0.05) is 12.1 Å². The Morgan fingerprint density at radius 2 is 2.16 bits per heavy atom. The molecule has 0 aliphatic carbocycles. The van der Waals surface area contributed by atoms with Crippen LogP contribution in [0.1, 0.15) is 18.9 Å². The number of alkyl halides is 2. The number of ether oxygens (including phenoxy) is 2. The summed E-state index contributed by atoms with van der Waals surface area (Å²) in [4.78, 5) is 0. The predicted octanol–water partition coefficient (Wildman–Crippen LogP) is 3.35. The molecule has 0 atom stereocenters. The van der Waals surface area contributed by atoms with E-state index in [0.29, 0.717) is 18.9 Å². The minimum absolute atomic E-state index is 0.0618. The molecular weight excluding hydrogens is 252 g/mol. The molecule has 0 saturated carbocycles. The summed E-state index contributed by atoms with van der Waals surface area (Å²) >= 11 is 0. The predicted molar refractivity (Wildman–Crippen MR) is 70.8 cm³/mol. The van der Waals surface area contributed by atoms with Gasteiger partial charge in [0.1, 0.15) is 0 Å². The van der Waals surface area contributed by atoms with Crippen LogP contribution in [0.15, 0.2) is 30.9 Å². The molecule has 3 nitrogen and oxygen atoms in total. The average molecular weight is 271 g/mol. The van der Waals surface area contributed by atoms with E-state index in [0.717, 1.165) is 18.5 Å². The van der Waals surface area contributed by atoms with E-state index >= 15 is 0 Å². The van der Waals surface area contributed by atoms with Gasteiger partial charge >= 0.3 is 6.61 Å². The highest BCUT2D eigenvalue weighted by atomic mass is 19.3. The minimum Gasteiger partial charge on any atom is -0.490 e. The Morgan fingerprint density at radius 3 is 2.79 bits per heavy atom. The first kappa shape index (κ1) is 15.4. The molecule has 0 heterocycles. The van der Waals surface area contributed by atoms with E-state index in [1.807, 2.05) is 6.08 Å². The van der Waals surface area contributed by atoms with Crippen LogP contribution in [0.5, 0.6) is 11.5 Å². The van der Waals surface area contributed by atoms with Gasteiger partial charge in [0.15, 0.2) is 11.5 Å². The third kappa shape index (κ3) is 5.70. The molecule has 0 aromatic heterocycles. The second-order valence-electron chi connectivity index (χ2n) is 3.85. The van der Waals surface area contributed by atoms with Gasteiger partial charge in [-0.25, -0.2) is 0 Å². The first-order chi connectivity index (χ1) is 9.17. The largest absolute Gasteiger partial charge is 0.490 e. The Morgan fingerprint density at radius 1 is 1.37 bits per heavy atom. The summed E-state index contributed by atoms with van der Waals surface area (Å²) in [5.41, 5.74) is 0.953. The molecule has 106 valence electrons. The molecule has 0 saturated heterocycles. The Labute approximate surface area is 112 Å². The van der Waals surface area contributed by atoms with Crippen LogP contribution in [0, 0.1) is 0 Å². The van der Waals surface area contributed by atoms with E-state index < -0.39 is 6.61 Å². The minimum atomic E-state index is -2.85. The first-order valence-electron chi connectivity index (χ1n) is 6.19. The average Bonchev–Trinajstić information content (AvgIpc) is 2.37. The molecular formula is C14H19F2NO2. The maximum Gasteiger partial charge on any atom is 0.387 e. The van der Waals surface area contributed by atoms with Gasteiger partial charge in [-0.3, -0.25) is 0 Å². The number of nitrogens with one attached hydrogen (secondary N) is 1. The van der Waals surface area contributed by atoms with Crippen LogP contribution in [-0.4, -0.2) is 19.8 Å². The van der Waals surface area contributed by atoms with Gasteiger partial charge in [-0.05, 0) is 37.6 Å². The van der Waals surface area contributed by atoms with Gasteiger partial charge in [0, 0.05) is 6.54 Å². The summed E-state index contributed by atoms with van der Waals surface area (Å²) < 4.78 is 34.2. The molecule has 0 fully saturated rings. The van der Waals surface area contributed by atoms with Crippen molar-refractivity contribution in [3.8, 4) is 11.5 Å². The van der Waals surface area contributed by atoms with Crippen molar-refractivity contribution in [1.82, 2.24) is 5.32 Å². The molecule has 1 aromatic rings. The van der Waals surface area contributed by atoms with Crippen molar-refractivity contribution >= 4 is 0 Å². The van der Waals surface area contributed by atoms with Gasteiger partial charge < -0.3 is 14.8 Å². The van der Waals surface area contributed by atoms with E-state index in [-0.39, 0.29) is 5.75 Å².